The summed E-state index contributed by atoms with van der Waals surface area (Å²) in [7, 11) is 0. The average Bonchev–Trinajstić information content (AvgIpc) is 2.51. The highest BCUT2D eigenvalue weighted by Crippen LogP contribution is 2.41. The highest BCUT2D eigenvalue weighted by molar-refractivity contribution is 5.70. The largest absolute Gasteiger partial charge is 0.466 e. The summed E-state index contributed by atoms with van der Waals surface area (Å²) in [6.07, 6.45) is 3.70. The molecule has 0 aromatic carbocycles. The molecule has 86 valence electrons. The van der Waals surface area contributed by atoms with Crippen molar-refractivity contribution in [2.24, 2.45) is 5.41 Å². The summed E-state index contributed by atoms with van der Waals surface area (Å²) in [4.78, 5) is 21.6. The Morgan fingerprint density at radius 2 is 2.07 bits per heavy atom. The van der Waals surface area contributed by atoms with Crippen molar-refractivity contribution in [3.63, 3.8) is 0 Å². The van der Waals surface area contributed by atoms with Crippen LogP contribution in [0.25, 0.3) is 0 Å². The van der Waals surface area contributed by atoms with Gasteiger partial charge in [0.15, 0.2) is 0 Å². The van der Waals surface area contributed by atoms with Gasteiger partial charge in [-0.3, -0.25) is 14.9 Å². The van der Waals surface area contributed by atoms with E-state index in [2.05, 4.69) is 0 Å². The molecule has 1 aliphatic rings. The maximum atomic E-state index is 11.3. The Balaban J connectivity index is 2.56. The molecule has 0 aromatic rings. The number of rotatable bonds is 5. The van der Waals surface area contributed by atoms with E-state index >= 15 is 0 Å². The first kappa shape index (κ1) is 11.9. The van der Waals surface area contributed by atoms with E-state index in [1.165, 1.54) is 0 Å². The molecule has 0 N–H and O–H groups in total. The molecule has 0 radical (unpaired) electrons. The zero-order valence-electron chi connectivity index (χ0n) is 9.03. The molecule has 5 heteroatoms. The van der Waals surface area contributed by atoms with Crippen LogP contribution in [0.1, 0.15) is 39.0 Å². The van der Waals surface area contributed by atoms with Gasteiger partial charge in [-0.05, 0) is 19.8 Å². The van der Waals surface area contributed by atoms with E-state index in [1.54, 1.807) is 6.92 Å². The Kier molecular flexibility index (Phi) is 4.05. The van der Waals surface area contributed by atoms with Crippen LogP contribution in [-0.4, -0.2) is 24.0 Å². The molecule has 1 rings (SSSR count). The summed E-state index contributed by atoms with van der Waals surface area (Å²) in [6, 6.07) is 0. The third-order valence-corrected chi connectivity index (χ3v) is 2.95. The fourth-order valence-electron chi connectivity index (χ4n) is 2.31. The zero-order chi connectivity index (χ0) is 11.3. The van der Waals surface area contributed by atoms with Crippen molar-refractivity contribution in [3.8, 4) is 0 Å². The van der Waals surface area contributed by atoms with Gasteiger partial charge in [-0.25, -0.2) is 0 Å². The van der Waals surface area contributed by atoms with Crippen molar-refractivity contribution >= 4 is 5.97 Å². The molecule has 0 spiro atoms. The maximum Gasteiger partial charge on any atom is 0.306 e. The minimum absolute atomic E-state index is 0.105. The second-order valence-electron chi connectivity index (χ2n) is 4.18. The molecular weight excluding hydrogens is 198 g/mol. The number of ether oxygens (including phenoxy) is 1. The Bertz CT molecular complexity index is 246. The van der Waals surface area contributed by atoms with Gasteiger partial charge in [-0.2, -0.15) is 0 Å². The minimum atomic E-state index is -0.435. The molecule has 0 saturated heterocycles. The molecule has 0 unspecified atom stereocenters. The molecule has 1 aliphatic carbocycles. The highest BCUT2D eigenvalue weighted by atomic mass is 16.6. The lowest BCUT2D eigenvalue weighted by Crippen LogP contribution is -2.30. The van der Waals surface area contributed by atoms with E-state index in [0.717, 1.165) is 25.7 Å². The number of nitro groups is 1. The Labute approximate surface area is 88.9 Å². The summed E-state index contributed by atoms with van der Waals surface area (Å²) >= 11 is 0. The van der Waals surface area contributed by atoms with Crippen LogP contribution in [-0.2, 0) is 9.53 Å². The van der Waals surface area contributed by atoms with Crippen molar-refractivity contribution in [1.82, 2.24) is 0 Å². The van der Waals surface area contributed by atoms with E-state index in [4.69, 9.17) is 4.74 Å². The molecule has 0 atom stereocenters. The van der Waals surface area contributed by atoms with E-state index in [9.17, 15) is 14.9 Å². The standard InChI is InChI=1S/C10H17NO4/c1-2-15-9(12)7-10(8-11(13)14)5-3-4-6-10/h2-8H2,1H3. The summed E-state index contributed by atoms with van der Waals surface area (Å²) < 4.78 is 4.85. The molecule has 15 heavy (non-hydrogen) atoms. The maximum absolute atomic E-state index is 11.3. The molecule has 0 aliphatic heterocycles. The monoisotopic (exact) mass is 215 g/mol. The number of esters is 1. The lowest BCUT2D eigenvalue weighted by molar-refractivity contribution is -0.497. The van der Waals surface area contributed by atoms with E-state index < -0.39 is 5.41 Å². The third kappa shape index (κ3) is 3.49. The highest BCUT2D eigenvalue weighted by Gasteiger charge is 2.41. The third-order valence-electron chi connectivity index (χ3n) is 2.95. The first-order valence-electron chi connectivity index (χ1n) is 5.35. The quantitative estimate of drug-likeness (QED) is 0.398. The van der Waals surface area contributed by atoms with Crippen LogP contribution in [0.2, 0.25) is 0 Å². The Morgan fingerprint density at radius 1 is 1.47 bits per heavy atom. The van der Waals surface area contributed by atoms with Gasteiger partial charge in [-0.15, -0.1) is 0 Å². The SMILES string of the molecule is CCOC(=O)CC1(C[N+](=O)[O-])CCCC1. The van der Waals surface area contributed by atoms with Gasteiger partial charge in [-0.1, -0.05) is 12.8 Å². The van der Waals surface area contributed by atoms with Crippen LogP contribution < -0.4 is 0 Å². The predicted molar refractivity (Wildman–Crippen MR) is 54.0 cm³/mol. The van der Waals surface area contributed by atoms with E-state index in [0.29, 0.717) is 6.61 Å². The summed E-state index contributed by atoms with van der Waals surface area (Å²) in [5.41, 5.74) is -0.435. The van der Waals surface area contributed by atoms with Crippen LogP contribution in [0.3, 0.4) is 0 Å². The number of carbonyl (C=O) groups is 1. The minimum Gasteiger partial charge on any atom is -0.466 e. The first-order valence-corrected chi connectivity index (χ1v) is 5.35. The normalized spacial score (nSPS) is 18.7. The fourth-order valence-corrected chi connectivity index (χ4v) is 2.31. The van der Waals surface area contributed by atoms with Crippen molar-refractivity contribution in [1.29, 1.82) is 0 Å². The van der Waals surface area contributed by atoms with Crippen LogP contribution >= 0.6 is 0 Å². The van der Waals surface area contributed by atoms with Crippen molar-refractivity contribution < 1.29 is 14.5 Å². The summed E-state index contributed by atoms with van der Waals surface area (Å²) in [5.74, 6) is -0.304. The van der Waals surface area contributed by atoms with Crippen molar-refractivity contribution in [3.05, 3.63) is 10.1 Å². The lowest BCUT2D eigenvalue weighted by atomic mass is 9.83. The molecule has 0 aromatic heterocycles. The summed E-state index contributed by atoms with van der Waals surface area (Å²) in [6.45, 7) is 1.98. The lowest BCUT2D eigenvalue weighted by Gasteiger charge is -2.22. The molecule has 1 saturated carbocycles. The van der Waals surface area contributed by atoms with Gasteiger partial charge < -0.3 is 4.74 Å². The van der Waals surface area contributed by atoms with Crippen LogP contribution in [0.5, 0.6) is 0 Å². The molecule has 5 nitrogen and oxygen atoms in total. The molecule has 1 fully saturated rings. The van der Waals surface area contributed by atoms with Gasteiger partial charge in [0.25, 0.3) is 0 Å². The number of nitrogens with zero attached hydrogens (tertiary/aromatic N) is 1. The summed E-state index contributed by atoms with van der Waals surface area (Å²) in [5, 5.41) is 10.6. The molecular formula is C10H17NO4. The zero-order valence-corrected chi connectivity index (χ0v) is 9.03. The first-order chi connectivity index (χ1) is 7.08. The van der Waals surface area contributed by atoms with Gasteiger partial charge >= 0.3 is 5.97 Å². The van der Waals surface area contributed by atoms with Crippen LogP contribution in [0.15, 0.2) is 0 Å². The van der Waals surface area contributed by atoms with Gasteiger partial charge in [0, 0.05) is 10.3 Å². The molecule has 0 amide bonds. The number of hydrogen-bond acceptors (Lipinski definition) is 4. The molecule has 0 heterocycles. The van der Waals surface area contributed by atoms with Gasteiger partial charge in [0.1, 0.15) is 0 Å². The van der Waals surface area contributed by atoms with Gasteiger partial charge in [0.05, 0.1) is 13.0 Å². The van der Waals surface area contributed by atoms with Crippen molar-refractivity contribution in [2.45, 2.75) is 39.0 Å². The number of carbonyl (C=O) groups excluding carboxylic acids is 1. The fraction of sp³-hybridized carbons (Fsp3) is 0.900. The molecule has 0 bridgehead atoms. The number of hydrogen-bond donors (Lipinski definition) is 0. The van der Waals surface area contributed by atoms with E-state index in [1.807, 2.05) is 0 Å². The second kappa shape index (κ2) is 5.09. The van der Waals surface area contributed by atoms with Crippen molar-refractivity contribution in [2.75, 3.05) is 13.2 Å². The second-order valence-corrected chi connectivity index (χ2v) is 4.18. The Morgan fingerprint density at radius 3 is 2.53 bits per heavy atom. The van der Waals surface area contributed by atoms with Crippen LogP contribution in [0.4, 0.5) is 0 Å². The van der Waals surface area contributed by atoms with E-state index in [-0.39, 0.29) is 23.9 Å². The van der Waals surface area contributed by atoms with Crippen LogP contribution in [0, 0.1) is 15.5 Å². The predicted octanol–water partition coefficient (Wildman–Crippen LogP) is 1.78. The average molecular weight is 215 g/mol. The van der Waals surface area contributed by atoms with Gasteiger partial charge in [0.2, 0.25) is 6.54 Å². The topological polar surface area (TPSA) is 69.4 Å². The Hall–Kier alpha value is -1.13. The smallest absolute Gasteiger partial charge is 0.306 e.